The first kappa shape index (κ1) is 9.67. The van der Waals surface area contributed by atoms with Gasteiger partial charge in [-0.25, -0.2) is 0 Å². The van der Waals surface area contributed by atoms with Crippen LogP contribution in [-0.4, -0.2) is 5.48 Å². The van der Waals surface area contributed by atoms with Crippen molar-refractivity contribution < 1.29 is 5.48 Å². The molecule has 0 spiro atoms. The summed E-state index contributed by atoms with van der Waals surface area (Å²) in [6.45, 7) is 4.00. The van der Waals surface area contributed by atoms with Crippen molar-refractivity contribution >= 4 is 0 Å². The van der Waals surface area contributed by atoms with Gasteiger partial charge in [-0.3, -0.25) is 0 Å². The van der Waals surface area contributed by atoms with Gasteiger partial charge in [0.1, 0.15) is 0 Å². The monoisotopic (exact) mass is 100 g/mol. The van der Waals surface area contributed by atoms with E-state index in [0.717, 1.165) is 0 Å². The van der Waals surface area contributed by atoms with Crippen LogP contribution in [0.1, 0.15) is 13.8 Å². The Morgan fingerprint density at radius 1 is 0.857 bits per heavy atom. The third-order valence-electron chi connectivity index (χ3n) is 0.496. The zero-order valence-corrected chi connectivity index (χ0v) is 4.81. The van der Waals surface area contributed by atoms with Gasteiger partial charge in [0.25, 0.3) is 0 Å². The summed E-state index contributed by atoms with van der Waals surface area (Å²) in [5.74, 6) is 0. The van der Waals surface area contributed by atoms with Crippen LogP contribution in [0.25, 0.3) is 0 Å². The molecule has 42 valence electrons. The molecule has 0 aliphatic carbocycles. The lowest BCUT2D eigenvalue weighted by Gasteiger charge is -1.62. The molecule has 0 saturated heterocycles. The molecule has 0 aromatic carbocycles. The van der Waals surface area contributed by atoms with Gasteiger partial charge in [0.2, 0.25) is 0 Å². The Balaban J connectivity index is 0. The van der Waals surface area contributed by atoms with Gasteiger partial charge in [-0.15, -0.1) is 0 Å². The highest BCUT2D eigenvalue weighted by Crippen LogP contribution is 1.71. The molecule has 0 aliphatic rings. The minimum Gasteiger partial charge on any atom is -0.412 e. The van der Waals surface area contributed by atoms with Gasteiger partial charge in [0.15, 0.2) is 0 Å². The molecule has 1 nitrogen and oxygen atoms in total. The summed E-state index contributed by atoms with van der Waals surface area (Å²) in [6.07, 6.45) is 8.00. The molecule has 0 rings (SSSR count). The molecule has 0 aliphatic heterocycles. The largest absolute Gasteiger partial charge is 0.412 e. The predicted molar refractivity (Wildman–Crippen MR) is 33.2 cm³/mol. The van der Waals surface area contributed by atoms with Crippen LogP contribution in [0, 0.1) is 0 Å². The molecular formula is C6H12O. The van der Waals surface area contributed by atoms with Crippen molar-refractivity contribution in [3.05, 3.63) is 24.3 Å². The quantitative estimate of drug-likeness (QED) is 0.445. The Morgan fingerprint density at radius 3 is 1.29 bits per heavy atom. The van der Waals surface area contributed by atoms with Crippen molar-refractivity contribution in [2.24, 2.45) is 0 Å². The number of hydrogen-bond acceptors (Lipinski definition) is 0. The highest BCUT2D eigenvalue weighted by Gasteiger charge is 1.48. The fourth-order valence-corrected chi connectivity index (χ4v) is 0.222. The summed E-state index contributed by atoms with van der Waals surface area (Å²) in [5.41, 5.74) is 0. The van der Waals surface area contributed by atoms with Crippen LogP contribution in [0.2, 0.25) is 0 Å². The molecular weight excluding hydrogens is 88.1 g/mol. The van der Waals surface area contributed by atoms with E-state index >= 15 is 0 Å². The van der Waals surface area contributed by atoms with Crippen molar-refractivity contribution in [1.82, 2.24) is 0 Å². The maximum Gasteiger partial charge on any atom is -0.0467 e. The standard InChI is InChI=1S/C6H10.H2O/c1-3-5-6-4-2;/h3-6H,1-2H3;1H2. The molecule has 0 amide bonds. The highest BCUT2D eigenvalue weighted by molar-refractivity contribution is 4.98. The van der Waals surface area contributed by atoms with E-state index in [1.54, 1.807) is 0 Å². The second-order valence-electron chi connectivity index (χ2n) is 1.05. The molecule has 0 heterocycles. The van der Waals surface area contributed by atoms with Crippen LogP contribution in [0.15, 0.2) is 24.3 Å². The molecule has 0 fully saturated rings. The first-order chi connectivity index (χ1) is 2.91. The fraction of sp³-hybridized carbons (Fsp3) is 0.333. The molecule has 0 aromatic rings. The molecule has 0 radical (unpaired) electrons. The van der Waals surface area contributed by atoms with Crippen LogP contribution >= 0.6 is 0 Å². The van der Waals surface area contributed by atoms with E-state index < -0.39 is 0 Å². The smallest absolute Gasteiger partial charge is 0.0467 e. The third-order valence-corrected chi connectivity index (χ3v) is 0.496. The van der Waals surface area contributed by atoms with E-state index in [-0.39, 0.29) is 5.48 Å². The third kappa shape index (κ3) is 10.8. The minimum atomic E-state index is 0. The maximum absolute atomic E-state index is 2.00. The SMILES string of the molecule is CC=CC=CC.O. The first-order valence-electron chi connectivity index (χ1n) is 2.15. The summed E-state index contributed by atoms with van der Waals surface area (Å²) >= 11 is 0. The van der Waals surface area contributed by atoms with E-state index in [9.17, 15) is 0 Å². The zero-order chi connectivity index (χ0) is 4.83. The van der Waals surface area contributed by atoms with Gasteiger partial charge in [-0.05, 0) is 13.8 Å². The minimum absolute atomic E-state index is 0. The van der Waals surface area contributed by atoms with Gasteiger partial charge >= 0.3 is 0 Å². The lowest BCUT2D eigenvalue weighted by atomic mass is 10.5. The Bertz CT molecular complexity index is 52.6. The lowest BCUT2D eigenvalue weighted by molar-refractivity contribution is 0.824. The van der Waals surface area contributed by atoms with E-state index in [1.807, 2.05) is 38.2 Å². The Hall–Kier alpha value is -0.560. The Kier molecular flexibility index (Phi) is 12.5. The van der Waals surface area contributed by atoms with Gasteiger partial charge in [-0.2, -0.15) is 0 Å². The van der Waals surface area contributed by atoms with Crippen LogP contribution in [0.5, 0.6) is 0 Å². The predicted octanol–water partition coefficient (Wildman–Crippen LogP) is 1.31. The molecule has 1 heteroatoms. The molecule has 2 N–H and O–H groups in total. The number of hydrogen-bond donors (Lipinski definition) is 0. The summed E-state index contributed by atoms with van der Waals surface area (Å²) in [6, 6.07) is 0. The Morgan fingerprint density at radius 2 is 1.14 bits per heavy atom. The summed E-state index contributed by atoms with van der Waals surface area (Å²) in [7, 11) is 0. The van der Waals surface area contributed by atoms with Crippen molar-refractivity contribution in [3.63, 3.8) is 0 Å². The number of rotatable bonds is 1. The second-order valence-corrected chi connectivity index (χ2v) is 1.05. The van der Waals surface area contributed by atoms with Gasteiger partial charge in [-0.1, -0.05) is 24.3 Å². The zero-order valence-electron chi connectivity index (χ0n) is 4.81. The summed E-state index contributed by atoms with van der Waals surface area (Å²) in [4.78, 5) is 0. The van der Waals surface area contributed by atoms with E-state index in [2.05, 4.69) is 0 Å². The molecule has 7 heavy (non-hydrogen) atoms. The van der Waals surface area contributed by atoms with Crippen molar-refractivity contribution in [3.8, 4) is 0 Å². The van der Waals surface area contributed by atoms with E-state index in [0.29, 0.717) is 0 Å². The van der Waals surface area contributed by atoms with Crippen LogP contribution in [0.3, 0.4) is 0 Å². The Labute approximate surface area is 44.7 Å². The topological polar surface area (TPSA) is 31.5 Å². The van der Waals surface area contributed by atoms with E-state index in [4.69, 9.17) is 0 Å². The number of allylic oxidation sites excluding steroid dienone is 4. The average Bonchev–Trinajstić information content (AvgIpc) is 1.61. The molecule has 0 saturated carbocycles. The van der Waals surface area contributed by atoms with E-state index in [1.165, 1.54) is 0 Å². The first-order valence-corrected chi connectivity index (χ1v) is 2.15. The van der Waals surface area contributed by atoms with Crippen LogP contribution in [-0.2, 0) is 0 Å². The normalized spacial score (nSPS) is 10.0. The summed E-state index contributed by atoms with van der Waals surface area (Å²) < 4.78 is 0. The average molecular weight is 100 g/mol. The highest BCUT2D eigenvalue weighted by atomic mass is 16.0. The van der Waals surface area contributed by atoms with Crippen LogP contribution in [0.4, 0.5) is 0 Å². The van der Waals surface area contributed by atoms with Crippen molar-refractivity contribution in [1.29, 1.82) is 0 Å². The van der Waals surface area contributed by atoms with Gasteiger partial charge in [0.05, 0.1) is 0 Å². The van der Waals surface area contributed by atoms with Crippen LogP contribution < -0.4 is 0 Å². The lowest BCUT2D eigenvalue weighted by Crippen LogP contribution is -1.40. The molecule has 0 aromatic heterocycles. The fourth-order valence-electron chi connectivity index (χ4n) is 0.222. The van der Waals surface area contributed by atoms with Gasteiger partial charge in [0, 0.05) is 0 Å². The second kappa shape index (κ2) is 9.06. The van der Waals surface area contributed by atoms with Crippen molar-refractivity contribution in [2.75, 3.05) is 0 Å². The van der Waals surface area contributed by atoms with Gasteiger partial charge < -0.3 is 5.48 Å². The molecule has 0 bridgehead atoms. The summed E-state index contributed by atoms with van der Waals surface area (Å²) in [5, 5.41) is 0. The molecule has 0 unspecified atom stereocenters. The molecule has 0 atom stereocenters. The van der Waals surface area contributed by atoms with Crippen molar-refractivity contribution in [2.45, 2.75) is 13.8 Å². The maximum atomic E-state index is 2.00.